The largest absolute Gasteiger partial charge is 0.486 e. The van der Waals surface area contributed by atoms with Crippen LogP contribution >= 0.6 is 39.9 Å². The van der Waals surface area contributed by atoms with Gasteiger partial charge in [0, 0.05) is 23.9 Å². The quantitative estimate of drug-likeness (QED) is 0.293. The molecule has 1 unspecified atom stereocenters. The topological polar surface area (TPSA) is 72.2 Å². The molecule has 2 aromatic heterocycles. The van der Waals surface area contributed by atoms with Gasteiger partial charge in [0.25, 0.3) is 0 Å². The maximum atomic E-state index is 5.95. The molecular weight excluding hydrogens is 537 g/mol. The maximum Gasteiger partial charge on any atom is 0.191 e. The zero-order valence-electron chi connectivity index (χ0n) is 15.3. The molecule has 1 atom stereocenters. The molecule has 3 heterocycles. The first kappa shape index (κ1) is 20.7. The van der Waals surface area contributed by atoms with E-state index in [1.807, 2.05) is 53.2 Å². The van der Waals surface area contributed by atoms with E-state index < -0.39 is 0 Å². The lowest BCUT2D eigenvalue weighted by Gasteiger charge is -2.27. The molecule has 3 aromatic rings. The molecule has 1 aliphatic heterocycles. The van der Waals surface area contributed by atoms with Gasteiger partial charge in [0.15, 0.2) is 17.5 Å². The Balaban J connectivity index is 0.00000225. The van der Waals surface area contributed by atoms with Crippen molar-refractivity contribution in [3.05, 3.63) is 59.0 Å². The summed E-state index contributed by atoms with van der Waals surface area (Å²) in [5, 5.41) is 6.55. The van der Waals surface area contributed by atoms with E-state index in [1.165, 1.54) is 0 Å². The standard InChI is InChI=1S/C19H20BrN5O2.HI/c1-21-19(22-8-14-11-25-10-13(20)6-7-18(25)24-14)23-9-15-12-26-16-4-2-3-5-17(16)27-15;/h2-7,10-11,15H,8-9,12H2,1H3,(H2,21,22,23);1H. The number of nitrogens with zero attached hydrogens (tertiary/aromatic N) is 3. The Hall–Kier alpha value is -2.01. The normalized spacial score (nSPS) is 15.8. The average Bonchev–Trinajstić information content (AvgIpc) is 3.10. The van der Waals surface area contributed by atoms with Gasteiger partial charge in [-0.15, -0.1) is 24.0 Å². The van der Waals surface area contributed by atoms with Crippen molar-refractivity contribution in [3.63, 3.8) is 0 Å². The highest BCUT2D eigenvalue weighted by molar-refractivity contribution is 14.0. The third-order valence-electron chi connectivity index (χ3n) is 4.19. The number of rotatable bonds is 4. The van der Waals surface area contributed by atoms with E-state index in [1.54, 1.807) is 7.05 Å². The van der Waals surface area contributed by atoms with Crippen molar-refractivity contribution < 1.29 is 9.47 Å². The number of aliphatic imine (C=N–C) groups is 1. The Bertz CT molecular complexity index is 978. The third-order valence-corrected chi connectivity index (χ3v) is 4.66. The molecule has 0 fully saturated rings. The van der Waals surface area contributed by atoms with Crippen molar-refractivity contribution in [1.29, 1.82) is 0 Å². The highest BCUT2D eigenvalue weighted by Crippen LogP contribution is 2.30. The van der Waals surface area contributed by atoms with Crippen LogP contribution in [-0.2, 0) is 6.54 Å². The molecule has 0 saturated carbocycles. The maximum absolute atomic E-state index is 5.95. The summed E-state index contributed by atoms with van der Waals surface area (Å²) < 4.78 is 14.7. The molecule has 148 valence electrons. The number of nitrogens with one attached hydrogen (secondary N) is 2. The number of para-hydroxylation sites is 2. The van der Waals surface area contributed by atoms with Gasteiger partial charge in [-0.2, -0.15) is 0 Å². The summed E-state index contributed by atoms with van der Waals surface area (Å²) >= 11 is 3.47. The van der Waals surface area contributed by atoms with Crippen molar-refractivity contribution in [2.45, 2.75) is 12.6 Å². The smallest absolute Gasteiger partial charge is 0.191 e. The first-order valence-corrected chi connectivity index (χ1v) is 9.47. The van der Waals surface area contributed by atoms with Gasteiger partial charge in [-0.3, -0.25) is 4.99 Å². The fraction of sp³-hybridized carbons (Fsp3) is 0.263. The monoisotopic (exact) mass is 557 g/mol. The van der Waals surface area contributed by atoms with Gasteiger partial charge in [0.1, 0.15) is 18.4 Å². The van der Waals surface area contributed by atoms with Gasteiger partial charge in [0.2, 0.25) is 0 Å². The second-order valence-electron chi connectivity index (χ2n) is 6.15. The molecule has 0 saturated heterocycles. The lowest BCUT2D eigenvalue weighted by Crippen LogP contribution is -2.45. The summed E-state index contributed by atoms with van der Waals surface area (Å²) in [7, 11) is 1.74. The lowest BCUT2D eigenvalue weighted by molar-refractivity contribution is 0.0936. The van der Waals surface area contributed by atoms with Crippen LogP contribution in [0.2, 0.25) is 0 Å². The Morgan fingerprint density at radius 2 is 2.04 bits per heavy atom. The van der Waals surface area contributed by atoms with Crippen LogP contribution in [0.5, 0.6) is 11.5 Å². The predicted octanol–water partition coefficient (Wildman–Crippen LogP) is 3.22. The number of aromatic nitrogens is 2. The van der Waals surface area contributed by atoms with Crippen molar-refractivity contribution in [3.8, 4) is 11.5 Å². The van der Waals surface area contributed by atoms with Crippen LogP contribution in [0.15, 0.2) is 58.3 Å². The first-order valence-electron chi connectivity index (χ1n) is 8.67. The number of fused-ring (bicyclic) bond motifs is 2. The number of guanidine groups is 1. The molecule has 0 aliphatic carbocycles. The molecular formula is C19H21BrIN5O2. The Labute approximate surface area is 188 Å². The zero-order chi connectivity index (χ0) is 18.6. The van der Waals surface area contributed by atoms with E-state index in [4.69, 9.17) is 9.47 Å². The van der Waals surface area contributed by atoms with Gasteiger partial charge >= 0.3 is 0 Å². The Morgan fingerprint density at radius 1 is 1.21 bits per heavy atom. The molecule has 0 radical (unpaired) electrons. The minimum atomic E-state index is -0.0778. The predicted molar refractivity (Wildman–Crippen MR) is 123 cm³/mol. The molecule has 9 heteroatoms. The molecule has 7 nitrogen and oxygen atoms in total. The lowest BCUT2D eigenvalue weighted by atomic mass is 10.2. The van der Waals surface area contributed by atoms with Crippen molar-refractivity contribution in [1.82, 2.24) is 20.0 Å². The number of pyridine rings is 1. The van der Waals surface area contributed by atoms with Gasteiger partial charge < -0.3 is 24.5 Å². The summed E-state index contributed by atoms with van der Waals surface area (Å²) in [4.78, 5) is 8.84. The fourth-order valence-corrected chi connectivity index (χ4v) is 3.22. The highest BCUT2D eigenvalue weighted by Gasteiger charge is 2.20. The molecule has 0 amide bonds. The average molecular weight is 558 g/mol. The van der Waals surface area contributed by atoms with Crippen molar-refractivity contribution >= 4 is 51.5 Å². The second kappa shape index (κ2) is 9.46. The van der Waals surface area contributed by atoms with E-state index in [-0.39, 0.29) is 30.1 Å². The summed E-state index contributed by atoms with van der Waals surface area (Å²) in [6, 6.07) is 11.6. The molecule has 0 bridgehead atoms. The number of halogens is 2. The summed E-state index contributed by atoms with van der Waals surface area (Å²) in [5.41, 5.74) is 1.84. The summed E-state index contributed by atoms with van der Waals surface area (Å²) in [5.74, 6) is 2.25. The number of benzene rings is 1. The molecule has 1 aromatic carbocycles. The molecule has 4 rings (SSSR count). The van der Waals surface area contributed by atoms with Crippen molar-refractivity contribution in [2.24, 2.45) is 4.99 Å². The minimum Gasteiger partial charge on any atom is -0.486 e. The number of hydrogen-bond acceptors (Lipinski definition) is 4. The van der Waals surface area contributed by atoms with Crippen LogP contribution in [-0.4, -0.2) is 41.6 Å². The van der Waals surface area contributed by atoms with Crippen LogP contribution < -0.4 is 20.1 Å². The summed E-state index contributed by atoms with van der Waals surface area (Å²) in [6.07, 6.45) is 3.90. The van der Waals surface area contributed by atoms with Gasteiger partial charge in [-0.05, 0) is 40.2 Å². The van der Waals surface area contributed by atoms with Crippen LogP contribution in [0.25, 0.3) is 5.65 Å². The number of hydrogen-bond donors (Lipinski definition) is 2. The minimum absolute atomic E-state index is 0. The summed E-state index contributed by atoms with van der Waals surface area (Å²) in [6.45, 7) is 1.66. The van der Waals surface area contributed by atoms with E-state index >= 15 is 0 Å². The van der Waals surface area contributed by atoms with Crippen LogP contribution in [0.1, 0.15) is 5.69 Å². The molecule has 0 spiro atoms. The second-order valence-corrected chi connectivity index (χ2v) is 7.06. The zero-order valence-corrected chi connectivity index (χ0v) is 19.2. The van der Waals surface area contributed by atoms with Crippen LogP contribution in [0.3, 0.4) is 0 Å². The van der Waals surface area contributed by atoms with Gasteiger partial charge in [0.05, 0.1) is 18.8 Å². The Morgan fingerprint density at radius 3 is 2.86 bits per heavy atom. The van der Waals surface area contributed by atoms with Crippen molar-refractivity contribution in [2.75, 3.05) is 20.2 Å². The van der Waals surface area contributed by atoms with Gasteiger partial charge in [-0.25, -0.2) is 4.98 Å². The fourth-order valence-electron chi connectivity index (χ4n) is 2.87. The third kappa shape index (κ3) is 4.88. The molecule has 1 aliphatic rings. The van der Waals surface area contributed by atoms with E-state index in [0.717, 1.165) is 27.3 Å². The SMILES string of the molecule is CN=C(NCc1cn2cc(Br)ccc2n1)NCC1COc2ccccc2O1.I. The first-order chi connectivity index (χ1) is 13.2. The van der Waals surface area contributed by atoms with Gasteiger partial charge in [-0.1, -0.05) is 12.1 Å². The van der Waals surface area contributed by atoms with E-state index in [2.05, 4.69) is 36.5 Å². The Kier molecular flexibility index (Phi) is 7.00. The van der Waals surface area contributed by atoms with Crippen LogP contribution in [0.4, 0.5) is 0 Å². The molecule has 2 N–H and O–H groups in total. The van der Waals surface area contributed by atoms with Crippen LogP contribution in [0, 0.1) is 0 Å². The number of imidazole rings is 1. The number of ether oxygens (including phenoxy) is 2. The van der Waals surface area contributed by atoms with E-state index in [0.29, 0.717) is 25.7 Å². The van der Waals surface area contributed by atoms with E-state index in [9.17, 15) is 0 Å². The molecule has 28 heavy (non-hydrogen) atoms. The highest BCUT2D eigenvalue weighted by atomic mass is 127.